The number of halogens is 1. The van der Waals surface area contributed by atoms with Crippen molar-refractivity contribution in [2.24, 2.45) is 0 Å². The van der Waals surface area contributed by atoms with Gasteiger partial charge in [0.2, 0.25) is 0 Å². The van der Waals surface area contributed by atoms with Crippen LogP contribution in [0.5, 0.6) is 0 Å². The Hall–Kier alpha value is 0.210. The van der Waals surface area contributed by atoms with Gasteiger partial charge in [-0.15, -0.1) is 12.4 Å². The van der Waals surface area contributed by atoms with Gasteiger partial charge < -0.3 is 5.11 Å². The lowest BCUT2D eigenvalue weighted by Gasteiger charge is -2.36. The van der Waals surface area contributed by atoms with E-state index in [0.717, 1.165) is 19.5 Å². The lowest BCUT2D eigenvalue weighted by Crippen LogP contribution is -2.46. The molecule has 0 aliphatic carbocycles. The number of hydrogen-bond donors (Lipinski definition) is 1. The van der Waals surface area contributed by atoms with Crippen LogP contribution in [0.3, 0.4) is 0 Å². The Kier molecular flexibility index (Phi) is 22.8. The van der Waals surface area contributed by atoms with E-state index in [-0.39, 0.29) is 12.4 Å². The highest BCUT2D eigenvalue weighted by Crippen LogP contribution is 2.19. The zero-order valence-corrected chi connectivity index (χ0v) is 20.1. The van der Waals surface area contributed by atoms with Gasteiger partial charge in [-0.25, -0.2) is 0 Å². The zero-order chi connectivity index (χ0) is 19.5. The summed E-state index contributed by atoms with van der Waals surface area (Å²) in [4.78, 5) is 2.35. The average molecular weight is 406 g/mol. The van der Waals surface area contributed by atoms with E-state index in [1.807, 2.05) is 6.92 Å². The fraction of sp³-hybridized carbons (Fsp3) is 1.00. The molecule has 0 saturated carbocycles. The van der Waals surface area contributed by atoms with Gasteiger partial charge >= 0.3 is 0 Å². The maximum absolute atomic E-state index is 10.7. The zero-order valence-electron chi connectivity index (χ0n) is 19.2. The molecular weight excluding hydrogens is 354 g/mol. The van der Waals surface area contributed by atoms with Crippen LogP contribution in [0.25, 0.3) is 0 Å². The molecule has 0 saturated heterocycles. The summed E-state index contributed by atoms with van der Waals surface area (Å²) in [6.45, 7) is 10.8. The molecule has 3 heteroatoms. The molecule has 0 bridgehead atoms. The standard InChI is InChI=1S/C24H51NO.ClH/c1-5-8-10-12-14-16-18-20-22-25(24(4,26)7-3)23-21-19-17-15-13-11-9-6-2;/h26H,5-23H2,1-4H3;1H. The van der Waals surface area contributed by atoms with Crippen molar-refractivity contribution in [2.75, 3.05) is 13.1 Å². The van der Waals surface area contributed by atoms with E-state index >= 15 is 0 Å². The summed E-state index contributed by atoms with van der Waals surface area (Å²) in [7, 11) is 0. The molecule has 1 atom stereocenters. The van der Waals surface area contributed by atoms with Crippen LogP contribution in [0, 0.1) is 0 Å². The number of hydrogen-bond acceptors (Lipinski definition) is 2. The van der Waals surface area contributed by atoms with Gasteiger partial charge in [0.1, 0.15) is 5.72 Å². The minimum absolute atomic E-state index is 0. The van der Waals surface area contributed by atoms with Crippen LogP contribution < -0.4 is 0 Å². The van der Waals surface area contributed by atoms with Crippen molar-refractivity contribution in [2.45, 2.75) is 143 Å². The number of nitrogens with zero attached hydrogens (tertiary/aromatic N) is 1. The number of rotatable bonds is 20. The van der Waals surface area contributed by atoms with Crippen molar-refractivity contribution in [3.8, 4) is 0 Å². The van der Waals surface area contributed by atoms with Gasteiger partial charge in [0.25, 0.3) is 0 Å². The van der Waals surface area contributed by atoms with Gasteiger partial charge in [0.05, 0.1) is 0 Å². The van der Waals surface area contributed by atoms with Gasteiger partial charge in [-0.2, -0.15) is 0 Å². The highest BCUT2D eigenvalue weighted by Gasteiger charge is 2.25. The lowest BCUT2D eigenvalue weighted by molar-refractivity contribution is -0.0974. The first-order valence-corrected chi connectivity index (χ1v) is 12.1. The van der Waals surface area contributed by atoms with E-state index in [1.165, 1.54) is 103 Å². The second kappa shape index (κ2) is 20.9. The number of unbranched alkanes of at least 4 members (excludes halogenated alkanes) is 14. The molecule has 0 amide bonds. The normalized spacial score (nSPS) is 13.6. The third-order valence-corrected chi connectivity index (χ3v) is 5.91. The van der Waals surface area contributed by atoms with Crippen LogP contribution >= 0.6 is 12.4 Å². The first kappa shape index (κ1) is 29.4. The average Bonchev–Trinajstić information content (AvgIpc) is 2.64. The highest BCUT2D eigenvalue weighted by atomic mass is 35.5. The molecule has 27 heavy (non-hydrogen) atoms. The molecule has 0 heterocycles. The number of aliphatic hydroxyl groups is 1. The second-order valence-corrected chi connectivity index (χ2v) is 8.51. The summed E-state index contributed by atoms with van der Waals surface area (Å²) in [6, 6.07) is 0. The molecule has 0 aromatic rings. The van der Waals surface area contributed by atoms with Gasteiger partial charge in [-0.3, -0.25) is 4.90 Å². The van der Waals surface area contributed by atoms with E-state index in [2.05, 4.69) is 25.7 Å². The maximum atomic E-state index is 10.7. The quantitative estimate of drug-likeness (QED) is 0.163. The summed E-state index contributed by atoms with van der Waals surface area (Å²) in [5, 5.41) is 10.7. The van der Waals surface area contributed by atoms with Crippen molar-refractivity contribution in [3.05, 3.63) is 0 Å². The van der Waals surface area contributed by atoms with Crippen LogP contribution in [0.4, 0.5) is 0 Å². The second-order valence-electron chi connectivity index (χ2n) is 8.51. The van der Waals surface area contributed by atoms with E-state index in [9.17, 15) is 5.11 Å². The van der Waals surface area contributed by atoms with E-state index in [0.29, 0.717) is 0 Å². The first-order chi connectivity index (χ1) is 12.6. The molecule has 0 fully saturated rings. The van der Waals surface area contributed by atoms with Crippen LogP contribution in [-0.4, -0.2) is 28.8 Å². The van der Waals surface area contributed by atoms with Crippen molar-refractivity contribution in [1.29, 1.82) is 0 Å². The molecule has 0 aromatic heterocycles. The van der Waals surface area contributed by atoms with Gasteiger partial charge in [-0.1, -0.05) is 111 Å². The molecule has 0 aliphatic heterocycles. The summed E-state index contributed by atoms with van der Waals surface area (Å²) < 4.78 is 0. The Bertz CT molecular complexity index is 264. The van der Waals surface area contributed by atoms with Crippen molar-refractivity contribution in [1.82, 2.24) is 4.90 Å². The topological polar surface area (TPSA) is 23.5 Å². The van der Waals surface area contributed by atoms with Crippen molar-refractivity contribution in [3.63, 3.8) is 0 Å². The highest BCUT2D eigenvalue weighted by molar-refractivity contribution is 5.85. The fourth-order valence-electron chi connectivity index (χ4n) is 3.69. The Labute approximate surface area is 178 Å². The molecular formula is C24H52ClNO. The van der Waals surface area contributed by atoms with E-state index in [4.69, 9.17) is 0 Å². The molecule has 2 nitrogen and oxygen atoms in total. The minimum atomic E-state index is -0.623. The Morgan fingerprint density at radius 3 is 1.15 bits per heavy atom. The summed E-state index contributed by atoms with van der Waals surface area (Å²) >= 11 is 0. The summed E-state index contributed by atoms with van der Waals surface area (Å²) in [5.74, 6) is 0. The third kappa shape index (κ3) is 18.0. The largest absolute Gasteiger partial charge is 0.376 e. The Morgan fingerprint density at radius 1 is 0.556 bits per heavy atom. The summed E-state index contributed by atoms with van der Waals surface area (Å²) in [5.41, 5.74) is -0.623. The molecule has 166 valence electrons. The summed E-state index contributed by atoms with van der Waals surface area (Å²) in [6.07, 6.45) is 22.5. The van der Waals surface area contributed by atoms with Gasteiger partial charge in [-0.05, 0) is 26.2 Å². The van der Waals surface area contributed by atoms with Crippen LogP contribution in [0.2, 0.25) is 0 Å². The van der Waals surface area contributed by atoms with E-state index in [1.54, 1.807) is 0 Å². The lowest BCUT2D eigenvalue weighted by atomic mass is 10.1. The monoisotopic (exact) mass is 405 g/mol. The molecule has 0 aliphatic rings. The molecule has 0 aromatic carbocycles. The van der Waals surface area contributed by atoms with Crippen LogP contribution in [0.15, 0.2) is 0 Å². The Morgan fingerprint density at radius 2 is 0.852 bits per heavy atom. The molecule has 0 spiro atoms. The molecule has 0 rings (SSSR count). The molecule has 0 radical (unpaired) electrons. The predicted octanol–water partition coefficient (Wildman–Crippen LogP) is 8.11. The predicted molar refractivity (Wildman–Crippen MR) is 125 cm³/mol. The third-order valence-electron chi connectivity index (χ3n) is 5.91. The smallest absolute Gasteiger partial charge is 0.115 e. The maximum Gasteiger partial charge on any atom is 0.115 e. The minimum Gasteiger partial charge on any atom is -0.376 e. The van der Waals surface area contributed by atoms with Crippen LogP contribution in [0.1, 0.15) is 137 Å². The fourth-order valence-corrected chi connectivity index (χ4v) is 3.69. The SMILES string of the molecule is CCCCCCCCCCN(CCCCCCCCCC)C(C)(O)CC.Cl. The van der Waals surface area contributed by atoms with Gasteiger partial charge in [0, 0.05) is 13.1 Å². The van der Waals surface area contributed by atoms with Crippen LogP contribution in [-0.2, 0) is 0 Å². The molecule has 1 N–H and O–H groups in total. The first-order valence-electron chi connectivity index (χ1n) is 12.1. The van der Waals surface area contributed by atoms with Crippen molar-refractivity contribution < 1.29 is 5.11 Å². The Balaban J connectivity index is 0. The molecule has 1 unspecified atom stereocenters. The van der Waals surface area contributed by atoms with E-state index < -0.39 is 5.72 Å². The van der Waals surface area contributed by atoms with Gasteiger partial charge in [0.15, 0.2) is 0 Å². The van der Waals surface area contributed by atoms with Crippen molar-refractivity contribution >= 4 is 12.4 Å².